The number of nitrogens with two attached hydrogens (primary N) is 1. The number of benzene rings is 2. The van der Waals surface area contributed by atoms with E-state index in [1.807, 2.05) is 18.2 Å². The molecule has 0 aliphatic heterocycles. The van der Waals surface area contributed by atoms with Gasteiger partial charge in [-0.1, -0.05) is 47.5 Å². The number of hydrazine groups is 1. The summed E-state index contributed by atoms with van der Waals surface area (Å²) >= 11 is 12.0. The maximum Gasteiger partial charge on any atom is 0.269 e. The first-order chi connectivity index (χ1) is 13.0. The summed E-state index contributed by atoms with van der Waals surface area (Å²) in [5.74, 6) is 0.313. The minimum atomic E-state index is -0.374. The maximum absolute atomic E-state index is 12.2. The molecule has 0 unspecified atom stereocenters. The normalized spacial score (nSPS) is 10.3. The zero-order valence-corrected chi connectivity index (χ0v) is 15.6. The Morgan fingerprint density at radius 3 is 2.59 bits per heavy atom. The number of halogens is 2. The van der Waals surface area contributed by atoms with Crippen LogP contribution in [0.1, 0.15) is 15.9 Å². The third-order valence-electron chi connectivity index (χ3n) is 3.67. The molecule has 2 aromatic carbocycles. The van der Waals surface area contributed by atoms with Gasteiger partial charge in [0.2, 0.25) is 0 Å². The minimum absolute atomic E-state index is 0.260. The number of nitrogens with zero attached hydrogens (tertiary/aromatic N) is 2. The van der Waals surface area contributed by atoms with Gasteiger partial charge in [-0.15, -0.1) is 0 Å². The first kappa shape index (κ1) is 18.8. The van der Waals surface area contributed by atoms with E-state index in [1.54, 1.807) is 30.3 Å². The Labute approximate surface area is 165 Å². The number of hydrogen-bond acceptors (Lipinski definition) is 6. The molecule has 1 heterocycles. The number of nitrogens with one attached hydrogen (secondary N) is 3. The predicted octanol–water partition coefficient (Wildman–Crippen LogP) is 3.73. The molecule has 138 valence electrons. The van der Waals surface area contributed by atoms with Gasteiger partial charge in [0.05, 0.1) is 0 Å². The molecule has 3 rings (SSSR count). The minimum Gasteiger partial charge on any atom is -0.393 e. The van der Waals surface area contributed by atoms with Crippen LogP contribution in [0, 0.1) is 0 Å². The highest BCUT2D eigenvalue weighted by molar-refractivity contribution is 6.31. The monoisotopic (exact) mass is 402 g/mol. The molecule has 0 radical (unpaired) electrons. The van der Waals surface area contributed by atoms with Gasteiger partial charge < -0.3 is 11.1 Å². The van der Waals surface area contributed by atoms with Crippen molar-refractivity contribution in [3.8, 4) is 0 Å². The van der Waals surface area contributed by atoms with Gasteiger partial charge in [0.1, 0.15) is 12.0 Å². The third kappa shape index (κ3) is 4.78. The second kappa shape index (κ2) is 8.57. The van der Waals surface area contributed by atoms with Gasteiger partial charge >= 0.3 is 0 Å². The van der Waals surface area contributed by atoms with Gasteiger partial charge in [0.15, 0.2) is 11.6 Å². The van der Waals surface area contributed by atoms with Crippen LogP contribution in [0.2, 0.25) is 10.0 Å². The quantitative estimate of drug-likeness (QED) is 0.468. The Morgan fingerprint density at radius 1 is 1.04 bits per heavy atom. The third-order valence-corrected chi connectivity index (χ3v) is 4.27. The molecule has 27 heavy (non-hydrogen) atoms. The lowest BCUT2D eigenvalue weighted by atomic mass is 10.2. The summed E-state index contributed by atoms with van der Waals surface area (Å²) in [6, 6.07) is 14.0. The van der Waals surface area contributed by atoms with E-state index in [0.717, 1.165) is 5.56 Å². The lowest BCUT2D eigenvalue weighted by Gasteiger charge is -2.13. The smallest absolute Gasteiger partial charge is 0.269 e. The first-order valence-corrected chi connectivity index (χ1v) is 8.70. The Morgan fingerprint density at radius 2 is 1.81 bits per heavy atom. The Bertz CT molecular complexity index is 966. The van der Waals surface area contributed by atoms with Crippen molar-refractivity contribution in [3.63, 3.8) is 0 Å². The fourth-order valence-corrected chi connectivity index (χ4v) is 2.67. The summed E-state index contributed by atoms with van der Waals surface area (Å²) in [5, 5.41) is 4.22. The molecule has 1 amide bonds. The van der Waals surface area contributed by atoms with Crippen LogP contribution in [-0.2, 0) is 6.54 Å². The molecule has 0 fully saturated rings. The van der Waals surface area contributed by atoms with Crippen LogP contribution in [0.4, 0.5) is 17.3 Å². The number of aromatic nitrogens is 2. The van der Waals surface area contributed by atoms with E-state index in [4.69, 9.17) is 28.9 Å². The van der Waals surface area contributed by atoms with Crippen molar-refractivity contribution in [2.45, 2.75) is 6.54 Å². The molecule has 0 bridgehead atoms. The van der Waals surface area contributed by atoms with E-state index in [9.17, 15) is 4.79 Å². The van der Waals surface area contributed by atoms with Crippen LogP contribution in [0.25, 0.3) is 0 Å². The maximum atomic E-state index is 12.2. The SMILES string of the molecule is Nc1c(NCc2ccccc2Cl)ncnc1NNC(=O)c1cccc(Cl)c1. The largest absolute Gasteiger partial charge is 0.393 e. The van der Waals surface area contributed by atoms with E-state index in [2.05, 4.69) is 26.1 Å². The van der Waals surface area contributed by atoms with Crippen LogP contribution in [0.3, 0.4) is 0 Å². The molecule has 0 spiro atoms. The van der Waals surface area contributed by atoms with Crippen molar-refractivity contribution in [2.75, 3.05) is 16.5 Å². The fourth-order valence-electron chi connectivity index (χ4n) is 2.27. The molecule has 1 aromatic heterocycles. The lowest BCUT2D eigenvalue weighted by molar-refractivity contribution is 0.0962. The number of amides is 1. The zero-order valence-electron chi connectivity index (χ0n) is 14.0. The summed E-state index contributed by atoms with van der Waals surface area (Å²) in [6.07, 6.45) is 1.33. The zero-order chi connectivity index (χ0) is 19.2. The number of anilines is 3. The van der Waals surface area contributed by atoms with Crippen molar-refractivity contribution in [1.29, 1.82) is 0 Å². The lowest BCUT2D eigenvalue weighted by Crippen LogP contribution is -2.30. The molecular weight excluding hydrogens is 387 g/mol. The van der Waals surface area contributed by atoms with Gasteiger partial charge in [-0.05, 0) is 29.8 Å². The van der Waals surface area contributed by atoms with Crippen LogP contribution < -0.4 is 21.9 Å². The van der Waals surface area contributed by atoms with Crippen LogP contribution in [0.15, 0.2) is 54.9 Å². The topological polar surface area (TPSA) is 105 Å². The predicted molar refractivity (Wildman–Crippen MR) is 108 cm³/mol. The highest BCUT2D eigenvalue weighted by atomic mass is 35.5. The summed E-state index contributed by atoms with van der Waals surface area (Å²) in [4.78, 5) is 20.3. The Hall–Kier alpha value is -3.03. The summed E-state index contributed by atoms with van der Waals surface area (Å²) in [7, 11) is 0. The number of hydrogen-bond donors (Lipinski definition) is 4. The fraction of sp³-hybridized carbons (Fsp3) is 0.0556. The van der Waals surface area contributed by atoms with Crippen LogP contribution in [0.5, 0.6) is 0 Å². The average molecular weight is 403 g/mol. The summed E-state index contributed by atoms with van der Waals surface area (Å²) < 4.78 is 0. The molecule has 0 aliphatic rings. The molecular formula is C18H16Cl2N6O. The first-order valence-electron chi connectivity index (χ1n) is 7.94. The molecule has 5 N–H and O–H groups in total. The molecule has 7 nitrogen and oxygen atoms in total. The Kier molecular flexibility index (Phi) is 5.95. The summed E-state index contributed by atoms with van der Waals surface area (Å²) in [6.45, 7) is 0.440. The summed E-state index contributed by atoms with van der Waals surface area (Å²) in [5.41, 5.74) is 12.9. The van der Waals surface area contributed by atoms with Crippen molar-refractivity contribution in [1.82, 2.24) is 15.4 Å². The van der Waals surface area contributed by atoms with E-state index >= 15 is 0 Å². The number of rotatable bonds is 6. The number of carbonyl (C=O) groups excluding carboxylic acids is 1. The Balaban J connectivity index is 1.66. The van der Waals surface area contributed by atoms with Gasteiger partial charge in [-0.2, -0.15) is 0 Å². The number of nitrogen functional groups attached to an aromatic ring is 1. The molecule has 9 heteroatoms. The van der Waals surface area contributed by atoms with E-state index in [1.165, 1.54) is 6.33 Å². The van der Waals surface area contributed by atoms with Crippen molar-refractivity contribution in [2.24, 2.45) is 0 Å². The van der Waals surface area contributed by atoms with E-state index in [-0.39, 0.29) is 17.4 Å². The second-order valence-corrected chi connectivity index (χ2v) is 6.36. The van der Waals surface area contributed by atoms with Crippen molar-refractivity contribution in [3.05, 3.63) is 76.0 Å². The van der Waals surface area contributed by atoms with Crippen LogP contribution in [-0.4, -0.2) is 15.9 Å². The van der Waals surface area contributed by atoms with Gasteiger partial charge in [0, 0.05) is 22.2 Å². The molecule has 3 aromatic rings. The molecule has 0 saturated heterocycles. The molecule has 0 saturated carbocycles. The highest BCUT2D eigenvalue weighted by Crippen LogP contribution is 2.23. The highest BCUT2D eigenvalue weighted by Gasteiger charge is 2.11. The van der Waals surface area contributed by atoms with Crippen LogP contribution >= 0.6 is 23.2 Å². The average Bonchev–Trinajstić information content (AvgIpc) is 2.67. The second-order valence-electron chi connectivity index (χ2n) is 5.52. The molecule has 0 atom stereocenters. The van der Waals surface area contributed by atoms with Gasteiger partial charge in [-0.25, -0.2) is 9.97 Å². The van der Waals surface area contributed by atoms with E-state index in [0.29, 0.717) is 28.0 Å². The molecule has 0 aliphatic carbocycles. The van der Waals surface area contributed by atoms with Crippen molar-refractivity contribution < 1.29 is 4.79 Å². The van der Waals surface area contributed by atoms with Crippen molar-refractivity contribution >= 4 is 46.4 Å². The van der Waals surface area contributed by atoms with Gasteiger partial charge in [-0.3, -0.25) is 15.6 Å². The standard InChI is InChI=1S/C18H16Cl2N6O/c19-13-6-3-5-11(8-13)18(27)26-25-17-15(21)16(23-10-24-17)22-9-12-4-1-2-7-14(12)20/h1-8,10H,9,21H2,(H,26,27)(H2,22,23,24,25). The van der Waals surface area contributed by atoms with E-state index < -0.39 is 0 Å². The number of carbonyl (C=O) groups is 1. The van der Waals surface area contributed by atoms with Gasteiger partial charge in [0.25, 0.3) is 5.91 Å².